The summed E-state index contributed by atoms with van der Waals surface area (Å²) in [5, 5.41) is 23.9. The Bertz CT molecular complexity index is 1340. The summed E-state index contributed by atoms with van der Waals surface area (Å²) >= 11 is 0. The van der Waals surface area contributed by atoms with Gasteiger partial charge in [0.2, 0.25) is 5.82 Å². The van der Waals surface area contributed by atoms with Gasteiger partial charge in [-0.05, 0) is 85.2 Å². The largest absolute Gasteiger partial charge is 0.394 e. The molecule has 0 spiro atoms. The fraction of sp³-hybridized carbons (Fsp3) is 0.500. The number of pyridine rings is 2. The number of aliphatic hydroxyl groups excluding tert-OH is 1. The third-order valence-corrected chi connectivity index (χ3v) is 7.91. The molecule has 3 atom stereocenters. The number of anilines is 1. The zero-order valence-electron chi connectivity index (χ0n) is 21.3. The third kappa shape index (κ3) is 4.49. The Morgan fingerprint density at radius 3 is 2.76 bits per heavy atom. The van der Waals surface area contributed by atoms with Crippen LogP contribution in [0.2, 0.25) is 0 Å². The molecule has 3 amide bonds. The molecule has 0 saturated carbocycles. The van der Waals surface area contributed by atoms with Gasteiger partial charge >= 0.3 is 6.03 Å². The number of rotatable bonds is 5. The minimum absolute atomic E-state index is 0.124. The highest BCUT2D eigenvalue weighted by molar-refractivity contribution is 6.02. The monoisotopic (exact) mass is 517 g/mol. The Hall–Kier alpha value is -3.93. The molecule has 12 heteroatoms. The number of aliphatic hydroxyl groups is 1. The molecule has 2 saturated heterocycles. The van der Waals surface area contributed by atoms with E-state index in [1.165, 1.54) is 11.1 Å². The number of piperidine rings is 1. The van der Waals surface area contributed by atoms with Crippen LogP contribution in [0.25, 0.3) is 11.5 Å². The van der Waals surface area contributed by atoms with Crippen LogP contribution in [0.3, 0.4) is 0 Å². The first-order chi connectivity index (χ1) is 18.5. The van der Waals surface area contributed by atoms with E-state index in [4.69, 9.17) is 0 Å². The maximum absolute atomic E-state index is 13.4. The quantitative estimate of drug-likeness (QED) is 0.525. The Kier molecular flexibility index (Phi) is 6.48. The van der Waals surface area contributed by atoms with Crippen molar-refractivity contribution in [1.82, 2.24) is 40.0 Å². The van der Waals surface area contributed by atoms with Crippen molar-refractivity contribution in [2.24, 2.45) is 0 Å². The van der Waals surface area contributed by atoms with Crippen LogP contribution in [0.1, 0.15) is 66.7 Å². The number of hydrogen-bond acceptors (Lipinski definition) is 8. The van der Waals surface area contributed by atoms with Crippen LogP contribution in [0.15, 0.2) is 30.5 Å². The lowest BCUT2D eigenvalue weighted by Gasteiger charge is -2.40. The number of hydrogen-bond donors (Lipinski definition) is 2. The molecule has 2 bridgehead atoms. The molecule has 38 heavy (non-hydrogen) atoms. The number of nitrogens with one attached hydrogen (secondary N) is 1. The highest BCUT2D eigenvalue weighted by Gasteiger charge is 2.41. The van der Waals surface area contributed by atoms with Crippen molar-refractivity contribution < 1.29 is 14.7 Å². The van der Waals surface area contributed by atoms with Crippen LogP contribution in [0, 0.1) is 0 Å². The lowest BCUT2D eigenvalue weighted by molar-refractivity contribution is 0.102. The second-order valence-electron chi connectivity index (χ2n) is 10.4. The van der Waals surface area contributed by atoms with Gasteiger partial charge in [-0.2, -0.15) is 0 Å². The van der Waals surface area contributed by atoms with Gasteiger partial charge in [-0.15, -0.1) is 5.10 Å². The molecule has 198 valence electrons. The molecule has 2 N–H and O–H groups in total. The number of amides is 3. The van der Waals surface area contributed by atoms with E-state index in [0.29, 0.717) is 42.5 Å². The van der Waals surface area contributed by atoms with E-state index in [1.54, 1.807) is 37.4 Å². The van der Waals surface area contributed by atoms with Gasteiger partial charge in [0.15, 0.2) is 0 Å². The number of tetrazole rings is 1. The number of aromatic nitrogens is 6. The van der Waals surface area contributed by atoms with Crippen LogP contribution >= 0.6 is 0 Å². The zero-order chi connectivity index (χ0) is 26.2. The van der Waals surface area contributed by atoms with E-state index in [-0.39, 0.29) is 24.4 Å². The Balaban J connectivity index is 1.17. The molecular formula is C26H31N9O3. The molecule has 6 rings (SSSR count). The van der Waals surface area contributed by atoms with Crippen molar-refractivity contribution in [1.29, 1.82) is 0 Å². The first-order valence-electron chi connectivity index (χ1n) is 13.2. The minimum Gasteiger partial charge on any atom is -0.394 e. The number of fused-ring (bicyclic) bond motifs is 3. The van der Waals surface area contributed by atoms with Gasteiger partial charge in [0.1, 0.15) is 17.2 Å². The second-order valence-corrected chi connectivity index (χ2v) is 10.4. The summed E-state index contributed by atoms with van der Waals surface area (Å²) < 4.78 is 1.49. The highest BCUT2D eigenvalue weighted by Crippen LogP contribution is 2.37. The average molecular weight is 518 g/mol. The summed E-state index contributed by atoms with van der Waals surface area (Å²) in [7, 11) is 0. The van der Waals surface area contributed by atoms with Crippen molar-refractivity contribution in [3.05, 3.63) is 47.3 Å². The summed E-state index contributed by atoms with van der Waals surface area (Å²) in [5.41, 5.74) is 2.75. The van der Waals surface area contributed by atoms with Crippen molar-refractivity contribution in [3.8, 4) is 11.5 Å². The lowest BCUT2D eigenvalue weighted by Crippen LogP contribution is -2.51. The van der Waals surface area contributed by atoms with E-state index >= 15 is 0 Å². The van der Waals surface area contributed by atoms with Gasteiger partial charge in [0.05, 0.1) is 12.6 Å². The molecule has 2 fully saturated rings. The molecule has 3 aliphatic heterocycles. The Labute approximate surface area is 220 Å². The second kappa shape index (κ2) is 10.1. The number of urea groups is 1. The van der Waals surface area contributed by atoms with Crippen molar-refractivity contribution in [2.45, 2.75) is 70.1 Å². The molecule has 3 aliphatic rings. The molecule has 12 nitrogen and oxygen atoms in total. The zero-order valence-corrected chi connectivity index (χ0v) is 21.3. The van der Waals surface area contributed by atoms with E-state index in [9.17, 15) is 14.7 Å². The van der Waals surface area contributed by atoms with Gasteiger partial charge in [0, 0.05) is 31.4 Å². The van der Waals surface area contributed by atoms with Crippen molar-refractivity contribution >= 4 is 17.8 Å². The molecule has 0 radical (unpaired) electrons. The molecule has 1 unspecified atom stereocenters. The van der Waals surface area contributed by atoms with Crippen molar-refractivity contribution in [3.63, 3.8) is 0 Å². The maximum Gasteiger partial charge on any atom is 0.320 e. The van der Waals surface area contributed by atoms with Crippen molar-refractivity contribution in [2.75, 3.05) is 18.5 Å². The van der Waals surface area contributed by atoms with E-state index in [1.807, 2.05) is 4.90 Å². The summed E-state index contributed by atoms with van der Waals surface area (Å²) in [6, 6.07) is 7.50. The van der Waals surface area contributed by atoms with Crippen LogP contribution < -0.4 is 5.32 Å². The fourth-order valence-corrected chi connectivity index (χ4v) is 5.86. The summed E-state index contributed by atoms with van der Waals surface area (Å²) in [6.45, 7) is 2.81. The Morgan fingerprint density at radius 1 is 1.16 bits per heavy atom. The van der Waals surface area contributed by atoms with Crippen LogP contribution in [-0.4, -0.2) is 82.3 Å². The average Bonchev–Trinajstić information content (AvgIpc) is 3.53. The van der Waals surface area contributed by atoms with Gasteiger partial charge < -0.3 is 20.2 Å². The molecule has 6 heterocycles. The minimum atomic E-state index is -0.390. The SMILES string of the molecule is CC(CO)n1nnnc1-c1cccc(NC(=O)c2cc3c(cn2)CCN(C(=O)N2[C@@H]4CCC[C@H]2CC4)C3)n1. The van der Waals surface area contributed by atoms with E-state index in [2.05, 4.69) is 35.7 Å². The van der Waals surface area contributed by atoms with E-state index < -0.39 is 5.91 Å². The molecular weight excluding hydrogens is 486 g/mol. The normalized spacial score (nSPS) is 21.2. The third-order valence-electron chi connectivity index (χ3n) is 7.91. The van der Waals surface area contributed by atoms with Gasteiger partial charge in [-0.25, -0.2) is 14.5 Å². The number of carbonyl (C=O) groups excluding carboxylic acids is 2. The van der Waals surface area contributed by atoms with Gasteiger partial charge in [-0.3, -0.25) is 9.78 Å². The van der Waals surface area contributed by atoms with Crippen LogP contribution in [0.4, 0.5) is 10.6 Å². The lowest BCUT2D eigenvalue weighted by atomic mass is 10.00. The van der Waals surface area contributed by atoms with Gasteiger partial charge in [-0.1, -0.05) is 6.07 Å². The summed E-state index contributed by atoms with van der Waals surface area (Å²) in [4.78, 5) is 39.4. The first-order valence-corrected chi connectivity index (χ1v) is 13.2. The smallest absolute Gasteiger partial charge is 0.320 e. The predicted molar refractivity (Wildman–Crippen MR) is 137 cm³/mol. The highest BCUT2D eigenvalue weighted by atomic mass is 16.3. The molecule has 0 aliphatic carbocycles. The van der Waals surface area contributed by atoms with E-state index in [0.717, 1.165) is 43.2 Å². The topological polar surface area (TPSA) is 142 Å². The predicted octanol–water partition coefficient (Wildman–Crippen LogP) is 2.43. The number of nitrogens with zero attached hydrogens (tertiary/aromatic N) is 8. The fourth-order valence-electron chi connectivity index (χ4n) is 5.86. The van der Waals surface area contributed by atoms with Crippen LogP contribution in [0.5, 0.6) is 0 Å². The molecule has 3 aromatic heterocycles. The molecule has 0 aromatic carbocycles. The van der Waals surface area contributed by atoms with Gasteiger partial charge in [0.25, 0.3) is 5.91 Å². The first kappa shape index (κ1) is 24.4. The summed E-state index contributed by atoms with van der Waals surface area (Å²) in [5.74, 6) is 0.329. The maximum atomic E-state index is 13.4. The summed E-state index contributed by atoms with van der Waals surface area (Å²) in [6.07, 6.45) is 8.10. The Morgan fingerprint density at radius 2 is 1.97 bits per heavy atom. The number of carbonyl (C=O) groups is 2. The standard InChI is InChI=1S/C26H31N9O3/c1-16(15-36)35-24(30-31-32-35)21-6-3-7-23(28-21)29-25(37)22-12-18-14-33(11-10-17(18)13-27-22)26(38)34-19-4-2-5-20(34)9-8-19/h3,6-7,12-13,16,19-20,36H,2,4-5,8-11,14-15H2,1H3,(H,28,29,37)/t16?,19-,20+. The van der Waals surface area contributed by atoms with Crippen LogP contribution in [-0.2, 0) is 13.0 Å². The molecule has 3 aromatic rings.